The van der Waals surface area contributed by atoms with Gasteiger partial charge in [-0.1, -0.05) is 73.7 Å². The van der Waals surface area contributed by atoms with Crippen molar-refractivity contribution in [2.45, 2.75) is 31.6 Å². The van der Waals surface area contributed by atoms with Crippen molar-refractivity contribution in [1.82, 2.24) is 10.2 Å². The Morgan fingerprint density at radius 3 is 2.13 bits per heavy atom. The quantitative estimate of drug-likeness (QED) is 0.301. The smallest absolute Gasteiger partial charge is 0.327 e. The van der Waals surface area contributed by atoms with Crippen LogP contribution >= 0.6 is 11.8 Å². The van der Waals surface area contributed by atoms with E-state index >= 15 is 0 Å². The second kappa shape index (κ2) is 14.0. The van der Waals surface area contributed by atoms with Crippen molar-refractivity contribution in [2.24, 2.45) is 0 Å². The molecule has 0 aliphatic carbocycles. The van der Waals surface area contributed by atoms with Crippen LogP contribution in [0.15, 0.2) is 78.9 Å². The predicted octanol–water partition coefficient (Wildman–Crippen LogP) is 4.93. The van der Waals surface area contributed by atoms with Crippen molar-refractivity contribution < 1.29 is 29.4 Å². The number of carboxylic acids is 2. The zero-order valence-electron chi connectivity index (χ0n) is 21.0. The molecule has 0 heterocycles. The Morgan fingerprint density at radius 2 is 1.53 bits per heavy atom. The van der Waals surface area contributed by atoms with Gasteiger partial charge in [0.25, 0.3) is 5.91 Å². The molecule has 0 aromatic heterocycles. The number of nitrogens with zero attached hydrogens (tertiary/aromatic N) is 1. The molecular formula is C29H30N2O6S. The molecule has 38 heavy (non-hydrogen) atoms. The van der Waals surface area contributed by atoms with Crippen LogP contribution in [0, 0.1) is 0 Å². The molecular weight excluding hydrogens is 504 g/mol. The first-order valence-electron chi connectivity index (χ1n) is 12.2. The molecule has 0 saturated heterocycles. The summed E-state index contributed by atoms with van der Waals surface area (Å²) in [6.07, 6.45) is 0.167. The van der Waals surface area contributed by atoms with Gasteiger partial charge in [-0.05, 0) is 40.8 Å². The Balaban J connectivity index is 1.81. The molecule has 0 unspecified atom stereocenters. The standard InChI is InChI=1S/C29H30N2O6S/c1-2-13-31(29(37)30-25(28(35)36)19-38-18-20-9-5-3-6-10-20)27(34)24-15-21(16-26(32)33)14-23(17-24)22-11-7-4-8-12-22/h3-12,14-15,17,25H,2,13,16,18-19H2,1H3,(H,30,37)(H,32,33)(H,35,36)/t25-/m0/s1. The molecule has 1 atom stereocenters. The average Bonchev–Trinajstić information content (AvgIpc) is 2.91. The largest absolute Gasteiger partial charge is 0.481 e. The molecule has 0 spiro atoms. The van der Waals surface area contributed by atoms with Crippen LogP contribution in [0.25, 0.3) is 11.1 Å². The van der Waals surface area contributed by atoms with Crippen LogP contribution in [0.5, 0.6) is 0 Å². The number of hydrogen-bond acceptors (Lipinski definition) is 5. The third-order valence-corrected chi connectivity index (χ3v) is 6.74. The maximum atomic E-state index is 13.5. The van der Waals surface area contributed by atoms with E-state index in [-0.39, 0.29) is 24.3 Å². The van der Waals surface area contributed by atoms with Gasteiger partial charge in [0.15, 0.2) is 0 Å². The fourth-order valence-corrected chi connectivity index (χ4v) is 4.84. The van der Waals surface area contributed by atoms with Gasteiger partial charge >= 0.3 is 18.0 Å². The first-order chi connectivity index (χ1) is 18.3. The van der Waals surface area contributed by atoms with Crippen LogP contribution in [-0.2, 0) is 21.8 Å². The maximum absolute atomic E-state index is 13.5. The van der Waals surface area contributed by atoms with Gasteiger partial charge in [0.2, 0.25) is 0 Å². The van der Waals surface area contributed by atoms with Crippen LogP contribution in [-0.4, -0.2) is 57.3 Å². The Kier molecular flexibility index (Phi) is 10.5. The summed E-state index contributed by atoms with van der Waals surface area (Å²) in [5.74, 6) is -2.17. The van der Waals surface area contributed by atoms with E-state index in [9.17, 15) is 29.4 Å². The number of carbonyl (C=O) groups is 4. The van der Waals surface area contributed by atoms with Gasteiger partial charge in [-0.2, -0.15) is 11.8 Å². The highest BCUT2D eigenvalue weighted by Gasteiger charge is 2.28. The third-order valence-electron chi connectivity index (χ3n) is 5.63. The van der Waals surface area contributed by atoms with Gasteiger partial charge in [-0.3, -0.25) is 14.5 Å². The van der Waals surface area contributed by atoms with E-state index in [0.29, 0.717) is 23.3 Å². The van der Waals surface area contributed by atoms with Crippen LogP contribution in [0.1, 0.15) is 34.8 Å². The summed E-state index contributed by atoms with van der Waals surface area (Å²) < 4.78 is 0. The minimum atomic E-state index is -1.20. The molecule has 0 fully saturated rings. The minimum Gasteiger partial charge on any atom is -0.481 e. The number of benzene rings is 3. The molecule has 9 heteroatoms. The fourth-order valence-electron chi connectivity index (χ4n) is 3.83. The first-order valence-corrected chi connectivity index (χ1v) is 13.3. The Labute approximate surface area is 225 Å². The Morgan fingerprint density at radius 1 is 0.868 bits per heavy atom. The molecule has 8 nitrogen and oxygen atoms in total. The summed E-state index contributed by atoms with van der Waals surface area (Å²) in [6, 6.07) is 21.5. The summed E-state index contributed by atoms with van der Waals surface area (Å²) in [6.45, 7) is 1.87. The number of amides is 3. The van der Waals surface area contributed by atoms with Crippen molar-refractivity contribution in [3.8, 4) is 11.1 Å². The number of imide groups is 1. The number of carbonyl (C=O) groups excluding carboxylic acids is 2. The van der Waals surface area contributed by atoms with Crippen LogP contribution < -0.4 is 5.32 Å². The molecule has 3 amide bonds. The summed E-state index contributed by atoms with van der Waals surface area (Å²) in [4.78, 5) is 50.9. The van der Waals surface area contributed by atoms with E-state index < -0.39 is 29.9 Å². The van der Waals surface area contributed by atoms with E-state index in [1.165, 1.54) is 17.8 Å². The van der Waals surface area contributed by atoms with E-state index in [0.717, 1.165) is 16.0 Å². The number of carboxylic acid groups (broad SMARTS) is 2. The number of urea groups is 1. The minimum absolute atomic E-state index is 0.0675. The van der Waals surface area contributed by atoms with Crippen LogP contribution in [0.4, 0.5) is 4.79 Å². The lowest BCUT2D eigenvalue weighted by atomic mass is 9.98. The molecule has 3 aromatic carbocycles. The van der Waals surface area contributed by atoms with Gasteiger partial charge in [0.1, 0.15) is 6.04 Å². The second-order valence-electron chi connectivity index (χ2n) is 8.65. The zero-order valence-corrected chi connectivity index (χ0v) is 21.8. The molecule has 198 valence electrons. The summed E-state index contributed by atoms with van der Waals surface area (Å²) in [5.41, 5.74) is 3.04. The van der Waals surface area contributed by atoms with Crippen molar-refractivity contribution in [3.63, 3.8) is 0 Å². The Bertz CT molecular complexity index is 1270. The van der Waals surface area contributed by atoms with Gasteiger partial charge in [-0.25, -0.2) is 9.59 Å². The van der Waals surface area contributed by atoms with E-state index in [2.05, 4.69) is 5.32 Å². The molecule has 0 saturated carbocycles. The van der Waals surface area contributed by atoms with Gasteiger partial charge in [0.05, 0.1) is 6.42 Å². The number of hydrogen-bond donors (Lipinski definition) is 3. The first kappa shape index (κ1) is 28.5. The molecule has 3 N–H and O–H groups in total. The molecule has 0 aliphatic rings. The average molecular weight is 535 g/mol. The number of thioether (sulfide) groups is 1. The van der Waals surface area contributed by atoms with Crippen molar-refractivity contribution in [1.29, 1.82) is 0 Å². The lowest BCUT2D eigenvalue weighted by Gasteiger charge is -2.24. The molecule has 0 aliphatic heterocycles. The summed E-state index contributed by atoms with van der Waals surface area (Å²) in [7, 11) is 0. The highest BCUT2D eigenvalue weighted by molar-refractivity contribution is 7.98. The van der Waals surface area contributed by atoms with Gasteiger partial charge in [-0.15, -0.1) is 0 Å². The fraction of sp³-hybridized carbons (Fsp3) is 0.241. The van der Waals surface area contributed by atoms with Crippen LogP contribution in [0.2, 0.25) is 0 Å². The Hall–Kier alpha value is -4.11. The zero-order chi connectivity index (χ0) is 27.5. The summed E-state index contributed by atoms with van der Waals surface area (Å²) in [5, 5.41) is 21.5. The predicted molar refractivity (Wildman–Crippen MR) is 147 cm³/mol. The topological polar surface area (TPSA) is 124 Å². The third kappa shape index (κ3) is 8.21. The SMILES string of the molecule is CCCN(C(=O)N[C@@H](CSCc1ccccc1)C(=O)O)C(=O)c1cc(CC(=O)O)cc(-c2ccccc2)c1. The number of aliphatic carboxylic acids is 2. The normalized spacial score (nSPS) is 11.4. The number of nitrogens with one attached hydrogen (secondary N) is 1. The van der Waals surface area contributed by atoms with Crippen molar-refractivity contribution in [2.75, 3.05) is 12.3 Å². The molecule has 0 radical (unpaired) electrons. The lowest BCUT2D eigenvalue weighted by Crippen LogP contribution is -2.51. The van der Waals surface area contributed by atoms with E-state index in [1.54, 1.807) is 19.1 Å². The highest BCUT2D eigenvalue weighted by Crippen LogP contribution is 2.24. The van der Waals surface area contributed by atoms with E-state index in [4.69, 9.17) is 0 Å². The van der Waals surface area contributed by atoms with Gasteiger partial charge < -0.3 is 15.5 Å². The monoisotopic (exact) mass is 534 g/mol. The maximum Gasteiger partial charge on any atom is 0.327 e. The molecule has 0 bridgehead atoms. The second-order valence-corrected chi connectivity index (χ2v) is 9.68. The highest BCUT2D eigenvalue weighted by atomic mass is 32.2. The van der Waals surface area contributed by atoms with Crippen molar-refractivity contribution >= 4 is 35.6 Å². The van der Waals surface area contributed by atoms with Crippen molar-refractivity contribution in [3.05, 3.63) is 95.6 Å². The van der Waals surface area contributed by atoms with Gasteiger partial charge in [0, 0.05) is 23.6 Å². The lowest BCUT2D eigenvalue weighted by molar-refractivity contribution is -0.138. The molecule has 3 rings (SSSR count). The van der Waals surface area contributed by atoms with Crippen LogP contribution in [0.3, 0.4) is 0 Å². The summed E-state index contributed by atoms with van der Waals surface area (Å²) >= 11 is 1.37. The van der Waals surface area contributed by atoms with E-state index in [1.807, 2.05) is 60.7 Å². The number of rotatable bonds is 12. The molecule has 3 aromatic rings.